The first-order chi connectivity index (χ1) is 13.7. The molecule has 144 valence electrons. The molecule has 2 aromatic heterocycles. The summed E-state index contributed by atoms with van der Waals surface area (Å²) >= 11 is 0. The summed E-state index contributed by atoms with van der Waals surface area (Å²) in [6, 6.07) is 8.00. The molecule has 7 heteroatoms. The monoisotopic (exact) mass is 376 g/mol. The Labute approximate surface area is 163 Å². The quantitative estimate of drug-likeness (QED) is 0.696. The van der Waals surface area contributed by atoms with E-state index in [1.807, 2.05) is 31.3 Å². The summed E-state index contributed by atoms with van der Waals surface area (Å²) in [5.74, 6) is 2.45. The number of benzene rings is 1. The number of fused-ring (bicyclic) bond motifs is 1. The number of aryl methyl sites for hydroxylation is 1. The average Bonchev–Trinajstić information content (AvgIpc) is 3.54. The molecule has 1 saturated heterocycles. The summed E-state index contributed by atoms with van der Waals surface area (Å²) in [6.07, 6.45) is 5.98. The number of anilines is 2. The summed E-state index contributed by atoms with van der Waals surface area (Å²) in [7, 11) is 0. The van der Waals surface area contributed by atoms with Crippen LogP contribution in [0.25, 0.3) is 10.9 Å². The van der Waals surface area contributed by atoms with Gasteiger partial charge in [0.1, 0.15) is 11.6 Å². The second kappa shape index (κ2) is 6.89. The van der Waals surface area contributed by atoms with E-state index < -0.39 is 0 Å². The average molecular weight is 376 g/mol. The zero-order valence-electron chi connectivity index (χ0n) is 16.1. The minimum absolute atomic E-state index is 0.0763. The molecular formula is C21H24N6O. The van der Waals surface area contributed by atoms with E-state index in [1.54, 1.807) is 10.9 Å². The predicted molar refractivity (Wildman–Crippen MR) is 110 cm³/mol. The summed E-state index contributed by atoms with van der Waals surface area (Å²) in [6.45, 7) is 6.35. The van der Waals surface area contributed by atoms with E-state index in [0.29, 0.717) is 11.3 Å². The summed E-state index contributed by atoms with van der Waals surface area (Å²) in [5.41, 5.74) is 1.98. The molecule has 0 radical (unpaired) electrons. The van der Waals surface area contributed by atoms with Gasteiger partial charge in [0.25, 0.3) is 5.56 Å². The Morgan fingerprint density at radius 1 is 1.04 bits per heavy atom. The fraction of sp³-hybridized carbons (Fsp3) is 0.429. The third kappa shape index (κ3) is 3.32. The second-order valence-electron chi connectivity index (χ2n) is 7.78. The summed E-state index contributed by atoms with van der Waals surface area (Å²) < 4.78 is 1.77. The number of nitrogens with zero attached hydrogens (tertiary/aromatic N) is 6. The van der Waals surface area contributed by atoms with Crippen LogP contribution in [0.1, 0.15) is 18.7 Å². The van der Waals surface area contributed by atoms with Crippen LogP contribution in [0.3, 0.4) is 0 Å². The maximum Gasteiger partial charge on any atom is 0.261 e. The van der Waals surface area contributed by atoms with Gasteiger partial charge in [-0.2, -0.15) is 0 Å². The molecule has 7 nitrogen and oxygen atoms in total. The topological polar surface area (TPSA) is 67.2 Å². The molecule has 1 aliphatic heterocycles. The molecular weight excluding hydrogens is 352 g/mol. The van der Waals surface area contributed by atoms with Gasteiger partial charge in [0.2, 0.25) is 0 Å². The van der Waals surface area contributed by atoms with Gasteiger partial charge in [0.15, 0.2) is 0 Å². The van der Waals surface area contributed by atoms with E-state index in [4.69, 9.17) is 0 Å². The molecule has 0 amide bonds. The van der Waals surface area contributed by atoms with Crippen molar-refractivity contribution >= 4 is 22.4 Å². The van der Waals surface area contributed by atoms with Gasteiger partial charge in [-0.05, 0) is 49.9 Å². The van der Waals surface area contributed by atoms with Crippen molar-refractivity contribution in [1.29, 1.82) is 0 Å². The highest BCUT2D eigenvalue weighted by atomic mass is 16.1. The highest BCUT2D eigenvalue weighted by Crippen LogP contribution is 2.30. The van der Waals surface area contributed by atoms with Crippen molar-refractivity contribution in [1.82, 2.24) is 19.5 Å². The standard InChI is InChI=1S/C21H24N6O/c1-15-22-7-6-20(24-15)26-10-8-25(9-11-26)17-4-5-18-19(12-17)23-14-27(21(18)28)13-16-2-3-16/h4-7,12,14,16H,2-3,8-11,13H2,1H3. The van der Waals surface area contributed by atoms with Crippen molar-refractivity contribution in [2.24, 2.45) is 5.92 Å². The first kappa shape index (κ1) is 17.2. The van der Waals surface area contributed by atoms with E-state index in [1.165, 1.54) is 12.8 Å². The van der Waals surface area contributed by atoms with Crippen LogP contribution in [0.2, 0.25) is 0 Å². The number of hydrogen-bond donors (Lipinski definition) is 0. The zero-order valence-corrected chi connectivity index (χ0v) is 16.1. The molecule has 0 spiro atoms. The van der Waals surface area contributed by atoms with Crippen molar-refractivity contribution in [3.63, 3.8) is 0 Å². The molecule has 1 aromatic carbocycles. The molecule has 1 saturated carbocycles. The maximum atomic E-state index is 12.7. The van der Waals surface area contributed by atoms with Crippen molar-refractivity contribution in [3.05, 3.63) is 53.0 Å². The Morgan fingerprint density at radius 3 is 2.57 bits per heavy atom. The zero-order chi connectivity index (χ0) is 19.1. The van der Waals surface area contributed by atoms with Crippen molar-refractivity contribution in [2.45, 2.75) is 26.3 Å². The Balaban J connectivity index is 1.33. The van der Waals surface area contributed by atoms with Crippen LogP contribution in [0.4, 0.5) is 11.5 Å². The van der Waals surface area contributed by atoms with Gasteiger partial charge in [0, 0.05) is 44.6 Å². The minimum Gasteiger partial charge on any atom is -0.368 e. The van der Waals surface area contributed by atoms with Gasteiger partial charge in [-0.1, -0.05) is 0 Å². The minimum atomic E-state index is 0.0763. The lowest BCUT2D eigenvalue weighted by Crippen LogP contribution is -2.46. The predicted octanol–water partition coefficient (Wildman–Crippen LogP) is 2.23. The number of piperazine rings is 1. The van der Waals surface area contributed by atoms with Crippen LogP contribution in [-0.4, -0.2) is 45.7 Å². The van der Waals surface area contributed by atoms with Crippen molar-refractivity contribution in [3.8, 4) is 0 Å². The fourth-order valence-electron chi connectivity index (χ4n) is 3.87. The maximum absolute atomic E-state index is 12.7. The molecule has 1 aliphatic carbocycles. The smallest absolute Gasteiger partial charge is 0.261 e. The number of aromatic nitrogens is 4. The lowest BCUT2D eigenvalue weighted by atomic mass is 10.2. The molecule has 5 rings (SSSR count). The Bertz CT molecular complexity index is 1070. The fourth-order valence-corrected chi connectivity index (χ4v) is 3.87. The van der Waals surface area contributed by atoms with E-state index in [2.05, 4.69) is 30.8 Å². The molecule has 3 aromatic rings. The van der Waals surface area contributed by atoms with Crippen LogP contribution in [0.5, 0.6) is 0 Å². The molecule has 3 heterocycles. The van der Waals surface area contributed by atoms with Crippen LogP contribution >= 0.6 is 0 Å². The van der Waals surface area contributed by atoms with E-state index in [-0.39, 0.29) is 5.56 Å². The summed E-state index contributed by atoms with van der Waals surface area (Å²) in [4.78, 5) is 30.6. The van der Waals surface area contributed by atoms with Crippen LogP contribution in [-0.2, 0) is 6.54 Å². The molecule has 0 atom stereocenters. The van der Waals surface area contributed by atoms with Crippen LogP contribution < -0.4 is 15.4 Å². The van der Waals surface area contributed by atoms with Crippen molar-refractivity contribution < 1.29 is 0 Å². The van der Waals surface area contributed by atoms with E-state index in [9.17, 15) is 4.79 Å². The van der Waals surface area contributed by atoms with Gasteiger partial charge in [0.05, 0.1) is 17.2 Å². The number of hydrogen-bond acceptors (Lipinski definition) is 6. The summed E-state index contributed by atoms with van der Waals surface area (Å²) in [5, 5.41) is 0.710. The van der Waals surface area contributed by atoms with E-state index >= 15 is 0 Å². The molecule has 0 unspecified atom stereocenters. The first-order valence-corrected chi connectivity index (χ1v) is 9.96. The largest absolute Gasteiger partial charge is 0.368 e. The first-order valence-electron chi connectivity index (χ1n) is 9.96. The molecule has 0 N–H and O–H groups in total. The van der Waals surface area contributed by atoms with Gasteiger partial charge in [-0.3, -0.25) is 9.36 Å². The number of rotatable bonds is 4. The Morgan fingerprint density at radius 2 is 1.82 bits per heavy atom. The normalized spacial score (nSPS) is 17.3. The van der Waals surface area contributed by atoms with E-state index in [0.717, 1.165) is 55.6 Å². The lowest BCUT2D eigenvalue weighted by molar-refractivity contribution is 0.602. The van der Waals surface area contributed by atoms with Crippen LogP contribution in [0, 0.1) is 12.8 Å². The Hall–Kier alpha value is -2.96. The van der Waals surface area contributed by atoms with Gasteiger partial charge >= 0.3 is 0 Å². The third-order valence-corrected chi connectivity index (χ3v) is 5.69. The van der Waals surface area contributed by atoms with Gasteiger partial charge < -0.3 is 9.80 Å². The van der Waals surface area contributed by atoms with Crippen molar-refractivity contribution in [2.75, 3.05) is 36.0 Å². The third-order valence-electron chi connectivity index (χ3n) is 5.69. The molecule has 2 aliphatic rings. The highest BCUT2D eigenvalue weighted by Gasteiger charge is 2.23. The highest BCUT2D eigenvalue weighted by molar-refractivity contribution is 5.81. The molecule has 2 fully saturated rings. The second-order valence-corrected chi connectivity index (χ2v) is 7.78. The molecule has 28 heavy (non-hydrogen) atoms. The molecule has 0 bridgehead atoms. The van der Waals surface area contributed by atoms with Gasteiger partial charge in [-0.15, -0.1) is 0 Å². The van der Waals surface area contributed by atoms with Gasteiger partial charge in [-0.25, -0.2) is 15.0 Å². The van der Waals surface area contributed by atoms with Crippen LogP contribution in [0.15, 0.2) is 41.6 Å². The Kier molecular flexibility index (Phi) is 4.22. The SMILES string of the molecule is Cc1nccc(N2CCN(c3ccc4c(=O)n(CC5CC5)cnc4c3)CC2)n1. The lowest BCUT2D eigenvalue weighted by Gasteiger charge is -2.36.